The molecule has 2 heterocycles. The number of aromatic amines is 1. The molecule has 0 amide bonds. The number of phenolic OH excluding ortho intramolecular Hbond substituents is 1. The average molecular weight is 434 g/mol. The Morgan fingerprint density at radius 1 is 1.22 bits per heavy atom. The van der Waals surface area contributed by atoms with E-state index in [-0.39, 0.29) is 41.1 Å². The van der Waals surface area contributed by atoms with E-state index >= 15 is 0 Å². The summed E-state index contributed by atoms with van der Waals surface area (Å²) in [5, 5.41) is 28.8. The van der Waals surface area contributed by atoms with Gasteiger partial charge in [0.25, 0.3) is 11.2 Å². The molecular formula is C21H18N6O5. The number of hydrogen-bond acceptors (Lipinski definition) is 8. The molecule has 0 atom stereocenters. The third kappa shape index (κ3) is 3.67. The molecule has 0 aliphatic heterocycles. The van der Waals surface area contributed by atoms with Crippen LogP contribution in [0.4, 0.5) is 17.1 Å². The SMILES string of the molecule is CCOc1c(N=Nc2cc([N+](=O)[O-])ccc2O)c(=O)[nH]c2nc(-c3ccccc3)c(C)n12. The number of H-pyrrole nitrogens is 1. The maximum absolute atomic E-state index is 12.8. The predicted molar refractivity (Wildman–Crippen MR) is 116 cm³/mol. The van der Waals surface area contributed by atoms with Crippen molar-refractivity contribution < 1.29 is 14.8 Å². The van der Waals surface area contributed by atoms with Gasteiger partial charge in [-0.15, -0.1) is 10.2 Å². The van der Waals surface area contributed by atoms with Gasteiger partial charge in [0, 0.05) is 17.7 Å². The molecule has 2 N–H and O–H groups in total. The van der Waals surface area contributed by atoms with Gasteiger partial charge in [-0.05, 0) is 19.9 Å². The van der Waals surface area contributed by atoms with Crippen LogP contribution < -0.4 is 10.3 Å². The van der Waals surface area contributed by atoms with Gasteiger partial charge in [0.1, 0.15) is 11.4 Å². The Morgan fingerprint density at radius 3 is 2.66 bits per heavy atom. The molecule has 0 spiro atoms. The van der Waals surface area contributed by atoms with Crippen LogP contribution in [0.3, 0.4) is 0 Å². The lowest BCUT2D eigenvalue weighted by Gasteiger charge is -2.09. The molecule has 0 aliphatic carbocycles. The fourth-order valence-electron chi connectivity index (χ4n) is 3.23. The van der Waals surface area contributed by atoms with Crippen molar-refractivity contribution in [3.05, 3.63) is 74.7 Å². The summed E-state index contributed by atoms with van der Waals surface area (Å²) < 4.78 is 7.34. The van der Waals surface area contributed by atoms with Gasteiger partial charge in [0.2, 0.25) is 17.3 Å². The summed E-state index contributed by atoms with van der Waals surface area (Å²) in [6.07, 6.45) is 0. The Labute approximate surface area is 180 Å². The fourth-order valence-corrected chi connectivity index (χ4v) is 3.23. The first-order valence-corrected chi connectivity index (χ1v) is 9.63. The van der Waals surface area contributed by atoms with Gasteiger partial charge in [-0.2, -0.15) is 0 Å². The van der Waals surface area contributed by atoms with Crippen LogP contribution in [0.15, 0.2) is 63.6 Å². The number of aryl methyl sites for hydroxylation is 1. The smallest absolute Gasteiger partial charge is 0.284 e. The first kappa shape index (κ1) is 20.7. The van der Waals surface area contributed by atoms with Crippen LogP contribution in [-0.2, 0) is 0 Å². The van der Waals surface area contributed by atoms with E-state index in [0.717, 1.165) is 23.8 Å². The molecule has 32 heavy (non-hydrogen) atoms. The van der Waals surface area contributed by atoms with Crippen molar-refractivity contribution in [1.82, 2.24) is 14.4 Å². The number of fused-ring (bicyclic) bond motifs is 1. The average Bonchev–Trinajstić information content (AvgIpc) is 3.10. The number of nitro groups is 1. The zero-order valence-corrected chi connectivity index (χ0v) is 17.1. The highest BCUT2D eigenvalue weighted by Gasteiger charge is 2.20. The van der Waals surface area contributed by atoms with Crippen LogP contribution >= 0.6 is 0 Å². The lowest BCUT2D eigenvalue weighted by atomic mass is 10.1. The van der Waals surface area contributed by atoms with Gasteiger partial charge in [-0.1, -0.05) is 30.3 Å². The number of nitrogens with one attached hydrogen (secondary N) is 1. The summed E-state index contributed by atoms with van der Waals surface area (Å²) in [5.74, 6) is 0.0686. The van der Waals surface area contributed by atoms with E-state index in [0.29, 0.717) is 11.4 Å². The quantitative estimate of drug-likeness (QED) is 0.261. The zero-order chi connectivity index (χ0) is 22.8. The van der Waals surface area contributed by atoms with Gasteiger partial charge < -0.3 is 9.84 Å². The van der Waals surface area contributed by atoms with E-state index in [1.807, 2.05) is 37.3 Å². The predicted octanol–water partition coefficient (Wildman–Crippen LogP) is 4.43. The van der Waals surface area contributed by atoms with E-state index in [4.69, 9.17) is 4.74 Å². The third-order valence-corrected chi connectivity index (χ3v) is 4.71. The van der Waals surface area contributed by atoms with Crippen molar-refractivity contribution in [1.29, 1.82) is 0 Å². The number of ether oxygens (including phenoxy) is 1. The number of benzene rings is 2. The van der Waals surface area contributed by atoms with Crippen LogP contribution in [-0.4, -0.2) is 31.0 Å². The fraction of sp³-hybridized carbons (Fsp3) is 0.143. The summed E-state index contributed by atoms with van der Waals surface area (Å²) in [4.78, 5) is 30.3. The standard InChI is InChI=1S/C21H18N6O5/c1-3-32-20-18(25-24-15-11-14(27(30)31)9-10-16(15)28)19(29)23-21-22-17(12(2)26(20)21)13-7-5-4-6-8-13/h4-11,28H,3H2,1-2H3,(H,22,23,29). The van der Waals surface area contributed by atoms with Gasteiger partial charge in [0.15, 0.2) is 0 Å². The molecular weight excluding hydrogens is 416 g/mol. The first-order valence-electron chi connectivity index (χ1n) is 9.63. The number of azo groups is 1. The number of nitro benzene ring substituents is 1. The molecule has 4 aromatic rings. The van der Waals surface area contributed by atoms with Crippen molar-refractivity contribution in [3.63, 3.8) is 0 Å². The Balaban J connectivity index is 1.89. The number of rotatable bonds is 6. The third-order valence-electron chi connectivity index (χ3n) is 4.71. The van der Waals surface area contributed by atoms with Crippen molar-refractivity contribution in [2.45, 2.75) is 13.8 Å². The number of hydrogen-bond donors (Lipinski definition) is 2. The monoisotopic (exact) mass is 434 g/mol. The highest BCUT2D eigenvalue weighted by molar-refractivity contribution is 5.67. The molecule has 2 aromatic heterocycles. The summed E-state index contributed by atoms with van der Waals surface area (Å²) in [7, 11) is 0. The van der Waals surface area contributed by atoms with Gasteiger partial charge in [-0.25, -0.2) is 4.98 Å². The second-order valence-corrected chi connectivity index (χ2v) is 6.74. The molecule has 11 nitrogen and oxygen atoms in total. The van der Waals surface area contributed by atoms with Crippen molar-refractivity contribution in [2.24, 2.45) is 10.2 Å². The van der Waals surface area contributed by atoms with Crippen LogP contribution in [0, 0.1) is 17.0 Å². The summed E-state index contributed by atoms with van der Waals surface area (Å²) in [5.41, 5.74) is 1.03. The molecule has 4 rings (SSSR count). The maximum atomic E-state index is 12.8. The summed E-state index contributed by atoms with van der Waals surface area (Å²) in [6, 6.07) is 12.8. The number of aromatic nitrogens is 3. The largest absolute Gasteiger partial charge is 0.506 e. The maximum Gasteiger partial charge on any atom is 0.284 e. The number of non-ortho nitro benzene ring substituents is 1. The number of phenols is 1. The highest BCUT2D eigenvalue weighted by Crippen LogP contribution is 2.34. The van der Waals surface area contributed by atoms with Gasteiger partial charge in [-0.3, -0.25) is 24.3 Å². The normalized spacial score (nSPS) is 11.3. The van der Waals surface area contributed by atoms with E-state index < -0.39 is 10.5 Å². The van der Waals surface area contributed by atoms with E-state index in [1.54, 1.807) is 11.3 Å². The second-order valence-electron chi connectivity index (χ2n) is 6.74. The highest BCUT2D eigenvalue weighted by atomic mass is 16.6. The lowest BCUT2D eigenvalue weighted by molar-refractivity contribution is -0.384. The molecule has 2 aromatic carbocycles. The van der Waals surface area contributed by atoms with Crippen molar-refractivity contribution >= 4 is 22.8 Å². The molecule has 0 radical (unpaired) electrons. The lowest BCUT2D eigenvalue weighted by Crippen LogP contribution is -2.12. The number of nitrogens with zero attached hydrogens (tertiary/aromatic N) is 5. The number of aromatic hydroxyl groups is 1. The summed E-state index contributed by atoms with van der Waals surface area (Å²) >= 11 is 0. The molecule has 0 bridgehead atoms. The molecule has 0 saturated heterocycles. The second kappa shape index (κ2) is 8.30. The molecule has 162 valence electrons. The Morgan fingerprint density at radius 2 is 1.97 bits per heavy atom. The minimum Gasteiger partial charge on any atom is -0.506 e. The Hall–Kier alpha value is -4.54. The molecule has 0 unspecified atom stereocenters. The minimum absolute atomic E-state index is 0.118. The van der Waals surface area contributed by atoms with Crippen molar-refractivity contribution in [3.8, 4) is 22.9 Å². The molecule has 11 heteroatoms. The van der Waals surface area contributed by atoms with Gasteiger partial charge in [0.05, 0.1) is 22.9 Å². The van der Waals surface area contributed by atoms with E-state index in [9.17, 15) is 20.0 Å². The van der Waals surface area contributed by atoms with Crippen molar-refractivity contribution in [2.75, 3.05) is 6.61 Å². The van der Waals surface area contributed by atoms with Crippen LogP contribution in [0.25, 0.3) is 17.0 Å². The topological polar surface area (TPSA) is 147 Å². The van der Waals surface area contributed by atoms with Crippen LogP contribution in [0.2, 0.25) is 0 Å². The van der Waals surface area contributed by atoms with Crippen LogP contribution in [0.5, 0.6) is 11.6 Å². The summed E-state index contributed by atoms with van der Waals surface area (Å²) in [6.45, 7) is 3.82. The molecule has 0 saturated carbocycles. The van der Waals surface area contributed by atoms with E-state index in [1.165, 1.54) is 0 Å². The minimum atomic E-state index is -0.622. The van der Waals surface area contributed by atoms with E-state index in [2.05, 4.69) is 20.2 Å². The molecule has 0 aliphatic rings. The molecule has 0 fully saturated rings. The first-order chi connectivity index (χ1) is 15.4. The Bertz CT molecular complexity index is 1410. The number of imidazole rings is 1. The van der Waals surface area contributed by atoms with Crippen LogP contribution in [0.1, 0.15) is 12.6 Å². The Kier molecular flexibility index (Phi) is 5.37. The van der Waals surface area contributed by atoms with Gasteiger partial charge >= 0.3 is 0 Å². The zero-order valence-electron chi connectivity index (χ0n) is 17.1.